The van der Waals surface area contributed by atoms with Gasteiger partial charge in [-0.1, -0.05) is 15.9 Å². The summed E-state index contributed by atoms with van der Waals surface area (Å²) >= 11 is 3.29. The molecular weight excluding hydrogens is 318 g/mol. The molecular formula is C12H16BrNO3S. The third kappa shape index (κ3) is 3.12. The fourth-order valence-corrected chi connectivity index (χ4v) is 3.79. The lowest BCUT2D eigenvalue weighted by atomic mass is 10.2. The van der Waals surface area contributed by atoms with Crippen LogP contribution in [0, 0.1) is 0 Å². The highest BCUT2D eigenvalue weighted by Crippen LogP contribution is 2.23. The Morgan fingerprint density at radius 1 is 1.28 bits per heavy atom. The van der Waals surface area contributed by atoms with Crippen molar-refractivity contribution in [2.45, 2.75) is 36.3 Å². The fraction of sp³-hybridized carbons (Fsp3) is 0.500. The summed E-state index contributed by atoms with van der Waals surface area (Å²) < 4.78 is 33.2. The van der Waals surface area contributed by atoms with E-state index in [0.717, 1.165) is 23.7 Å². The summed E-state index contributed by atoms with van der Waals surface area (Å²) in [5.41, 5.74) is 0. The van der Waals surface area contributed by atoms with Crippen molar-refractivity contribution in [1.82, 2.24) is 4.72 Å². The predicted molar refractivity (Wildman–Crippen MR) is 72.9 cm³/mol. The minimum absolute atomic E-state index is 0.0183. The van der Waals surface area contributed by atoms with Crippen LogP contribution in [0.15, 0.2) is 33.6 Å². The molecule has 0 bridgehead atoms. The zero-order valence-corrected chi connectivity index (χ0v) is 12.5. The standard InChI is InChI=1S/C12H16BrNO3S/c1-17-12-4-2-3-11(12)14-18(15,16)10-7-5-9(13)6-8-10/h5-8,11-12,14H,2-4H2,1H3. The summed E-state index contributed by atoms with van der Waals surface area (Å²) in [5.74, 6) is 0. The van der Waals surface area contributed by atoms with Gasteiger partial charge in [0, 0.05) is 17.6 Å². The van der Waals surface area contributed by atoms with E-state index in [4.69, 9.17) is 4.74 Å². The van der Waals surface area contributed by atoms with Gasteiger partial charge in [-0.15, -0.1) is 0 Å². The Morgan fingerprint density at radius 3 is 2.56 bits per heavy atom. The van der Waals surface area contributed by atoms with Crippen molar-refractivity contribution in [1.29, 1.82) is 0 Å². The molecule has 1 aromatic rings. The highest BCUT2D eigenvalue weighted by Gasteiger charge is 2.31. The monoisotopic (exact) mass is 333 g/mol. The number of hydrogen-bond donors (Lipinski definition) is 1. The summed E-state index contributed by atoms with van der Waals surface area (Å²) in [7, 11) is -1.83. The van der Waals surface area contributed by atoms with Gasteiger partial charge in [-0.25, -0.2) is 13.1 Å². The maximum absolute atomic E-state index is 12.2. The molecule has 2 atom stereocenters. The van der Waals surface area contributed by atoms with Crippen LogP contribution >= 0.6 is 15.9 Å². The van der Waals surface area contributed by atoms with E-state index in [-0.39, 0.29) is 17.0 Å². The van der Waals surface area contributed by atoms with Gasteiger partial charge in [0.25, 0.3) is 0 Å². The Morgan fingerprint density at radius 2 is 1.94 bits per heavy atom. The second kappa shape index (κ2) is 5.69. The number of ether oxygens (including phenoxy) is 1. The van der Waals surface area contributed by atoms with Gasteiger partial charge in [0.15, 0.2) is 0 Å². The van der Waals surface area contributed by atoms with E-state index in [0.29, 0.717) is 0 Å². The van der Waals surface area contributed by atoms with Crippen LogP contribution in [0.25, 0.3) is 0 Å². The molecule has 2 rings (SSSR count). The Hall–Kier alpha value is -0.430. The smallest absolute Gasteiger partial charge is 0.240 e. The van der Waals surface area contributed by atoms with Crippen LogP contribution in [0.3, 0.4) is 0 Å². The van der Waals surface area contributed by atoms with E-state index in [9.17, 15) is 8.42 Å². The van der Waals surface area contributed by atoms with Gasteiger partial charge in [-0.3, -0.25) is 0 Å². The van der Waals surface area contributed by atoms with Crippen molar-refractivity contribution >= 4 is 26.0 Å². The van der Waals surface area contributed by atoms with E-state index in [1.807, 2.05) is 0 Å². The highest BCUT2D eigenvalue weighted by atomic mass is 79.9. The van der Waals surface area contributed by atoms with E-state index in [1.54, 1.807) is 31.4 Å². The first-order valence-corrected chi connectivity index (χ1v) is 8.11. The second-order valence-corrected chi connectivity index (χ2v) is 7.02. The minimum Gasteiger partial charge on any atom is -0.380 e. The molecule has 18 heavy (non-hydrogen) atoms. The van der Waals surface area contributed by atoms with Gasteiger partial charge in [0.2, 0.25) is 10.0 Å². The molecule has 0 radical (unpaired) electrons. The van der Waals surface area contributed by atoms with E-state index < -0.39 is 10.0 Å². The molecule has 1 N–H and O–H groups in total. The Kier molecular flexibility index (Phi) is 4.42. The number of hydrogen-bond acceptors (Lipinski definition) is 3. The predicted octanol–water partition coefficient (Wildman–Crippen LogP) is 2.29. The molecule has 1 fully saturated rings. The lowest BCUT2D eigenvalue weighted by molar-refractivity contribution is 0.0916. The SMILES string of the molecule is COC1CCCC1NS(=O)(=O)c1ccc(Br)cc1. The molecule has 1 aliphatic carbocycles. The Labute approximate surface area is 116 Å². The van der Waals surface area contributed by atoms with Crippen molar-refractivity contribution in [2.75, 3.05) is 7.11 Å². The van der Waals surface area contributed by atoms with Crippen LogP contribution in [0.5, 0.6) is 0 Å². The first-order chi connectivity index (χ1) is 8.53. The molecule has 100 valence electrons. The third-order valence-electron chi connectivity index (χ3n) is 3.19. The quantitative estimate of drug-likeness (QED) is 0.919. The Balaban J connectivity index is 2.14. The average Bonchev–Trinajstić information content (AvgIpc) is 2.76. The van der Waals surface area contributed by atoms with Crippen molar-refractivity contribution in [2.24, 2.45) is 0 Å². The molecule has 6 heteroatoms. The molecule has 1 aromatic carbocycles. The van der Waals surface area contributed by atoms with E-state index in [1.165, 1.54) is 0 Å². The number of sulfonamides is 1. The maximum atomic E-state index is 12.2. The molecule has 1 aliphatic rings. The van der Waals surface area contributed by atoms with Crippen molar-refractivity contribution < 1.29 is 13.2 Å². The number of rotatable bonds is 4. The zero-order valence-electron chi connectivity index (χ0n) is 10.1. The molecule has 0 saturated heterocycles. The van der Waals surface area contributed by atoms with Gasteiger partial charge in [0.05, 0.1) is 11.0 Å². The lowest BCUT2D eigenvalue weighted by Gasteiger charge is -2.19. The highest BCUT2D eigenvalue weighted by molar-refractivity contribution is 9.10. The lowest BCUT2D eigenvalue weighted by Crippen LogP contribution is -2.40. The van der Waals surface area contributed by atoms with Crippen LogP contribution in [0.4, 0.5) is 0 Å². The minimum atomic E-state index is -3.45. The van der Waals surface area contributed by atoms with Crippen LogP contribution in [-0.2, 0) is 14.8 Å². The van der Waals surface area contributed by atoms with Gasteiger partial charge in [0.1, 0.15) is 0 Å². The molecule has 0 heterocycles. The molecule has 0 aliphatic heterocycles. The van der Waals surface area contributed by atoms with Gasteiger partial charge < -0.3 is 4.74 Å². The van der Waals surface area contributed by atoms with Gasteiger partial charge in [-0.05, 0) is 43.5 Å². The summed E-state index contributed by atoms with van der Waals surface area (Å²) in [5, 5.41) is 0. The molecule has 2 unspecified atom stereocenters. The summed E-state index contributed by atoms with van der Waals surface area (Å²) in [6.07, 6.45) is 2.71. The molecule has 0 aromatic heterocycles. The number of benzene rings is 1. The number of methoxy groups -OCH3 is 1. The van der Waals surface area contributed by atoms with Crippen LogP contribution in [0.2, 0.25) is 0 Å². The van der Waals surface area contributed by atoms with Crippen molar-refractivity contribution in [3.05, 3.63) is 28.7 Å². The second-order valence-electron chi connectivity index (χ2n) is 4.39. The molecule has 0 spiro atoms. The van der Waals surface area contributed by atoms with Crippen LogP contribution in [0.1, 0.15) is 19.3 Å². The molecule has 1 saturated carbocycles. The third-order valence-corrected chi connectivity index (χ3v) is 5.22. The first kappa shape index (κ1) is 14.0. The zero-order chi connectivity index (χ0) is 13.2. The molecule has 0 amide bonds. The van der Waals surface area contributed by atoms with E-state index in [2.05, 4.69) is 20.7 Å². The summed E-state index contributed by atoms with van der Waals surface area (Å²) in [6, 6.07) is 6.49. The van der Waals surface area contributed by atoms with Crippen molar-refractivity contribution in [3.8, 4) is 0 Å². The van der Waals surface area contributed by atoms with Gasteiger partial charge >= 0.3 is 0 Å². The topological polar surface area (TPSA) is 55.4 Å². The van der Waals surface area contributed by atoms with Gasteiger partial charge in [-0.2, -0.15) is 0 Å². The van der Waals surface area contributed by atoms with Crippen molar-refractivity contribution in [3.63, 3.8) is 0 Å². The Bertz CT molecular complexity index is 501. The summed E-state index contributed by atoms with van der Waals surface area (Å²) in [6.45, 7) is 0. The largest absolute Gasteiger partial charge is 0.380 e. The van der Waals surface area contributed by atoms with Crippen LogP contribution < -0.4 is 4.72 Å². The average molecular weight is 334 g/mol. The van der Waals surface area contributed by atoms with E-state index >= 15 is 0 Å². The maximum Gasteiger partial charge on any atom is 0.240 e. The first-order valence-electron chi connectivity index (χ1n) is 5.83. The number of halogens is 1. The van der Waals surface area contributed by atoms with Crippen LogP contribution in [-0.4, -0.2) is 27.7 Å². The number of nitrogens with one attached hydrogen (secondary N) is 1. The normalized spacial score (nSPS) is 24.3. The molecule has 4 nitrogen and oxygen atoms in total. The summed E-state index contributed by atoms with van der Waals surface area (Å²) in [4.78, 5) is 0.285. The fourth-order valence-electron chi connectivity index (χ4n) is 2.22.